The molecule has 0 aliphatic carbocycles. The van der Waals surface area contributed by atoms with Crippen molar-refractivity contribution in [1.29, 1.82) is 0 Å². The maximum absolute atomic E-state index is 13.7. The lowest BCUT2D eigenvalue weighted by atomic mass is 9.94. The van der Waals surface area contributed by atoms with Gasteiger partial charge in [0.2, 0.25) is 5.78 Å². The fourth-order valence-corrected chi connectivity index (χ4v) is 4.99. The van der Waals surface area contributed by atoms with Crippen LogP contribution in [0.25, 0.3) is 10.6 Å². The SMILES string of the molecule is COCCN1C(=O)C(O)=C(C(=O)c2sc(-c3ccccc3)nc2C)C1c1ccc(OC)c(O)c1. The summed E-state index contributed by atoms with van der Waals surface area (Å²) in [6.45, 7) is 2.07. The molecule has 0 saturated carbocycles. The molecule has 0 saturated heterocycles. The number of nitrogens with zero attached hydrogens (tertiary/aromatic N) is 2. The van der Waals surface area contributed by atoms with Crippen LogP contribution in [0.1, 0.15) is 27.0 Å². The van der Waals surface area contributed by atoms with Crippen LogP contribution < -0.4 is 4.74 Å². The summed E-state index contributed by atoms with van der Waals surface area (Å²) in [5, 5.41) is 21.8. The quantitative estimate of drug-likeness (QED) is 0.468. The van der Waals surface area contributed by atoms with Crippen LogP contribution in [0, 0.1) is 6.92 Å². The van der Waals surface area contributed by atoms with Gasteiger partial charge in [0, 0.05) is 19.2 Å². The number of methoxy groups -OCH3 is 2. The van der Waals surface area contributed by atoms with Crippen LogP contribution in [0.15, 0.2) is 59.9 Å². The first-order valence-electron chi connectivity index (χ1n) is 10.5. The highest BCUT2D eigenvalue weighted by Gasteiger charge is 2.44. The van der Waals surface area contributed by atoms with Gasteiger partial charge in [-0.3, -0.25) is 9.59 Å². The number of amides is 1. The predicted octanol–water partition coefficient (Wildman–Crippen LogP) is 4.06. The predicted molar refractivity (Wildman–Crippen MR) is 127 cm³/mol. The molecule has 0 spiro atoms. The van der Waals surface area contributed by atoms with Crippen molar-refractivity contribution in [2.75, 3.05) is 27.4 Å². The first-order chi connectivity index (χ1) is 16.4. The summed E-state index contributed by atoms with van der Waals surface area (Å²) in [6, 6.07) is 13.2. The molecule has 9 heteroatoms. The molecule has 3 aromatic rings. The number of aliphatic hydroxyl groups is 1. The zero-order valence-corrected chi connectivity index (χ0v) is 19.8. The van der Waals surface area contributed by atoms with Gasteiger partial charge < -0.3 is 24.6 Å². The second-order valence-electron chi connectivity index (χ2n) is 7.72. The molecular weight excluding hydrogens is 456 g/mol. The molecule has 2 heterocycles. The lowest BCUT2D eigenvalue weighted by Crippen LogP contribution is -2.34. The fourth-order valence-electron chi connectivity index (χ4n) is 3.96. The van der Waals surface area contributed by atoms with E-state index in [0.29, 0.717) is 21.1 Å². The van der Waals surface area contributed by atoms with Gasteiger partial charge in [-0.1, -0.05) is 36.4 Å². The summed E-state index contributed by atoms with van der Waals surface area (Å²) < 4.78 is 10.2. The van der Waals surface area contributed by atoms with Crippen molar-refractivity contribution in [3.05, 3.63) is 76.0 Å². The minimum absolute atomic E-state index is 0.0583. The van der Waals surface area contributed by atoms with Gasteiger partial charge in [0.05, 0.1) is 35.9 Å². The first-order valence-corrected chi connectivity index (χ1v) is 11.4. The Labute approximate surface area is 200 Å². The van der Waals surface area contributed by atoms with Crippen molar-refractivity contribution in [2.45, 2.75) is 13.0 Å². The molecule has 0 fully saturated rings. The number of hydrogen-bond donors (Lipinski definition) is 2. The standard InChI is InChI=1S/C25H24N2O6S/c1-14-23(34-24(26-14)15-7-5-4-6-8-15)21(29)19-20(16-9-10-18(33-3)17(28)13-16)27(11-12-32-2)25(31)22(19)30/h4-10,13,20,28,30H,11-12H2,1-3H3. The van der Waals surface area contributed by atoms with Crippen molar-refractivity contribution >= 4 is 23.0 Å². The van der Waals surface area contributed by atoms with Gasteiger partial charge in [-0.05, 0) is 24.6 Å². The molecule has 1 aromatic heterocycles. The minimum atomic E-state index is -0.909. The van der Waals surface area contributed by atoms with Crippen LogP contribution in [0.4, 0.5) is 0 Å². The van der Waals surface area contributed by atoms with E-state index >= 15 is 0 Å². The van der Waals surface area contributed by atoms with Crippen LogP contribution in [-0.2, 0) is 9.53 Å². The zero-order valence-electron chi connectivity index (χ0n) is 18.9. The summed E-state index contributed by atoms with van der Waals surface area (Å²) >= 11 is 1.21. The van der Waals surface area contributed by atoms with Gasteiger partial charge in [0.15, 0.2) is 17.3 Å². The number of ether oxygens (including phenoxy) is 2. The summed E-state index contributed by atoms with van der Waals surface area (Å²) in [5.74, 6) is -1.66. The molecule has 1 aliphatic rings. The van der Waals surface area contributed by atoms with Crippen molar-refractivity contribution in [2.24, 2.45) is 0 Å². The van der Waals surface area contributed by atoms with Crippen LogP contribution in [0.2, 0.25) is 0 Å². The Hall–Kier alpha value is -3.69. The smallest absolute Gasteiger partial charge is 0.290 e. The largest absolute Gasteiger partial charge is 0.504 e. The number of ketones is 1. The number of phenolic OH excluding ortho intramolecular Hbond substituents is 1. The number of thiazole rings is 1. The van der Waals surface area contributed by atoms with Gasteiger partial charge in [-0.25, -0.2) is 4.98 Å². The van der Waals surface area contributed by atoms with E-state index < -0.39 is 23.5 Å². The number of aromatic nitrogens is 1. The Morgan fingerprint density at radius 1 is 1.15 bits per heavy atom. The van der Waals surface area contributed by atoms with E-state index in [0.717, 1.165) is 5.56 Å². The monoisotopic (exact) mass is 480 g/mol. The molecule has 1 atom stereocenters. The lowest BCUT2D eigenvalue weighted by Gasteiger charge is -2.26. The third kappa shape index (κ3) is 4.15. The lowest BCUT2D eigenvalue weighted by molar-refractivity contribution is -0.130. The Bertz CT molecular complexity index is 1270. The number of aliphatic hydroxyl groups excluding tert-OH is 1. The number of aryl methyl sites for hydroxylation is 1. The van der Waals surface area contributed by atoms with Gasteiger partial charge >= 0.3 is 0 Å². The number of phenols is 1. The topological polar surface area (TPSA) is 109 Å². The normalized spacial score (nSPS) is 15.8. The van der Waals surface area contributed by atoms with Crippen molar-refractivity contribution in [1.82, 2.24) is 9.88 Å². The molecule has 0 bridgehead atoms. The minimum Gasteiger partial charge on any atom is -0.504 e. The number of aromatic hydroxyl groups is 1. The second-order valence-corrected chi connectivity index (χ2v) is 8.72. The van der Waals surface area contributed by atoms with E-state index in [4.69, 9.17) is 9.47 Å². The van der Waals surface area contributed by atoms with Gasteiger partial charge in [0.25, 0.3) is 5.91 Å². The summed E-state index contributed by atoms with van der Waals surface area (Å²) in [4.78, 5) is 32.9. The average molecular weight is 481 g/mol. The molecule has 34 heavy (non-hydrogen) atoms. The molecule has 1 aliphatic heterocycles. The van der Waals surface area contributed by atoms with Crippen LogP contribution in [-0.4, -0.2) is 59.2 Å². The number of rotatable bonds is 8. The Balaban J connectivity index is 1.79. The van der Waals surface area contributed by atoms with Gasteiger partial charge in [-0.2, -0.15) is 0 Å². The zero-order chi connectivity index (χ0) is 24.4. The second kappa shape index (κ2) is 9.66. The number of benzene rings is 2. The molecule has 2 aromatic carbocycles. The van der Waals surface area contributed by atoms with E-state index in [-0.39, 0.29) is 30.2 Å². The highest BCUT2D eigenvalue weighted by atomic mass is 32.1. The van der Waals surface area contributed by atoms with Crippen LogP contribution >= 0.6 is 11.3 Å². The van der Waals surface area contributed by atoms with E-state index in [9.17, 15) is 19.8 Å². The van der Waals surface area contributed by atoms with E-state index in [1.807, 2.05) is 30.3 Å². The molecule has 8 nitrogen and oxygen atoms in total. The number of Topliss-reactive ketones (excluding diaryl/α,β-unsaturated/α-hetero) is 1. The summed E-state index contributed by atoms with van der Waals surface area (Å²) in [6.07, 6.45) is 0. The highest BCUT2D eigenvalue weighted by Crippen LogP contribution is 2.42. The first kappa shape index (κ1) is 23.5. The van der Waals surface area contributed by atoms with E-state index in [1.54, 1.807) is 19.1 Å². The molecule has 2 N–H and O–H groups in total. The van der Waals surface area contributed by atoms with Crippen molar-refractivity contribution < 1.29 is 29.3 Å². The Morgan fingerprint density at radius 3 is 2.53 bits per heavy atom. The maximum Gasteiger partial charge on any atom is 0.290 e. The molecular formula is C25H24N2O6S. The molecule has 176 valence electrons. The molecule has 1 amide bonds. The van der Waals surface area contributed by atoms with Crippen molar-refractivity contribution in [3.8, 4) is 22.1 Å². The highest BCUT2D eigenvalue weighted by molar-refractivity contribution is 7.17. The number of carbonyl (C=O) groups is 2. The summed E-state index contributed by atoms with van der Waals surface area (Å²) in [7, 11) is 2.93. The molecule has 4 rings (SSSR count). The Morgan fingerprint density at radius 2 is 1.88 bits per heavy atom. The van der Waals surface area contributed by atoms with Gasteiger partial charge in [0.1, 0.15) is 5.01 Å². The third-order valence-corrected chi connectivity index (χ3v) is 6.83. The van der Waals surface area contributed by atoms with Crippen LogP contribution in [0.3, 0.4) is 0 Å². The maximum atomic E-state index is 13.7. The van der Waals surface area contributed by atoms with Gasteiger partial charge in [-0.15, -0.1) is 11.3 Å². The van der Waals surface area contributed by atoms with E-state index in [2.05, 4.69) is 4.98 Å². The fraction of sp³-hybridized carbons (Fsp3) is 0.240. The Kier molecular flexibility index (Phi) is 6.67. The third-order valence-electron chi connectivity index (χ3n) is 5.63. The number of carbonyl (C=O) groups excluding carboxylic acids is 2. The van der Waals surface area contributed by atoms with Crippen LogP contribution in [0.5, 0.6) is 11.5 Å². The number of hydrogen-bond acceptors (Lipinski definition) is 8. The molecule has 0 radical (unpaired) electrons. The van der Waals surface area contributed by atoms with E-state index in [1.165, 1.54) is 36.5 Å². The summed E-state index contributed by atoms with van der Waals surface area (Å²) in [5.41, 5.74) is 1.78. The molecule has 1 unspecified atom stereocenters. The van der Waals surface area contributed by atoms with Crippen molar-refractivity contribution in [3.63, 3.8) is 0 Å². The average Bonchev–Trinajstić information content (AvgIpc) is 3.35.